The minimum Gasteiger partial charge on any atom is -0.445 e. The van der Waals surface area contributed by atoms with Crippen molar-refractivity contribution in [3.63, 3.8) is 0 Å². The molecule has 0 radical (unpaired) electrons. The molecule has 0 spiro atoms. The Labute approximate surface area is 174 Å². The van der Waals surface area contributed by atoms with Crippen LogP contribution in [-0.4, -0.2) is 30.8 Å². The predicted molar refractivity (Wildman–Crippen MR) is 118 cm³/mol. The number of H-pyrrole nitrogens is 1. The predicted octanol–water partition coefficient (Wildman–Crippen LogP) is 5.01. The van der Waals surface area contributed by atoms with Gasteiger partial charge in [0.1, 0.15) is 0 Å². The molecular formula is C25H22N2O3. The van der Waals surface area contributed by atoms with Crippen LogP contribution in [0.3, 0.4) is 0 Å². The average Bonchev–Trinajstić information content (AvgIpc) is 3.22. The molecule has 0 saturated heterocycles. The number of para-hydroxylation sites is 1. The summed E-state index contributed by atoms with van der Waals surface area (Å²) < 4.78 is 5.74. The van der Waals surface area contributed by atoms with Gasteiger partial charge in [-0.2, -0.15) is 0 Å². The van der Waals surface area contributed by atoms with E-state index in [0.29, 0.717) is 16.7 Å². The molecule has 1 heterocycles. The second-order valence-electron chi connectivity index (χ2n) is 7.25. The fraction of sp³-hybridized carbons (Fsp3) is 0.120. The zero-order valence-corrected chi connectivity index (χ0v) is 16.8. The minimum absolute atomic E-state index is 0.267. The van der Waals surface area contributed by atoms with Crippen molar-refractivity contribution in [3.8, 4) is 0 Å². The molecule has 0 aliphatic carbocycles. The Morgan fingerprint density at radius 2 is 1.53 bits per heavy atom. The Morgan fingerprint density at radius 3 is 2.23 bits per heavy atom. The highest BCUT2D eigenvalue weighted by Crippen LogP contribution is 2.28. The van der Waals surface area contributed by atoms with Gasteiger partial charge in [0.05, 0.1) is 5.56 Å². The molecule has 5 nitrogen and oxygen atoms in total. The number of esters is 1. The van der Waals surface area contributed by atoms with Crippen LogP contribution in [0.5, 0.6) is 0 Å². The SMILES string of the molecule is CN(C)c1ccc(C(=O)OC(C(=O)c2c[nH]c3ccccc23)c2ccccc2)cc1. The van der Waals surface area contributed by atoms with Crippen LogP contribution in [0.4, 0.5) is 5.69 Å². The van der Waals surface area contributed by atoms with Crippen LogP contribution in [0.2, 0.25) is 0 Å². The highest BCUT2D eigenvalue weighted by molar-refractivity contribution is 6.11. The number of aromatic nitrogens is 1. The molecule has 3 aromatic carbocycles. The maximum atomic E-state index is 13.4. The Bertz CT molecular complexity index is 1180. The summed E-state index contributed by atoms with van der Waals surface area (Å²) in [6.07, 6.45) is 0.634. The van der Waals surface area contributed by atoms with E-state index in [1.165, 1.54) is 0 Å². The molecule has 4 aromatic rings. The molecule has 1 N–H and O–H groups in total. The quantitative estimate of drug-likeness (QED) is 0.366. The first-order valence-electron chi connectivity index (χ1n) is 9.68. The minimum atomic E-state index is -1.04. The monoisotopic (exact) mass is 398 g/mol. The molecule has 4 rings (SSSR count). The molecule has 0 saturated carbocycles. The Kier molecular flexibility index (Phi) is 5.35. The van der Waals surface area contributed by atoms with E-state index in [2.05, 4.69) is 4.98 Å². The van der Waals surface area contributed by atoms with Crippen molar-refractivity contribution in [2.24, 2.45) is 0 Å². The number of rotatable bonds is 6. The number of fused-ring (bicyclic) bond motifs is 1. The highest BCUT2D eigenvalue weighted by Gasteiger charge is 2.28. The van der Waals surface area contributed by atoms with E-state index >= 15 is 0 Å². The number of aromatic amines is 1. The third-order valence-electron chi connectivity index (χ3n) is 5.04. The second kappa shape index (κ2) is 8.25. The first-order valence-corrected chi connectivity index (χ1v) is 9.68. The van der Waals surface area contributed by atoms with Gasteiger partial charge < -0.3 is 14.6 Å². The lowest BCUT2D eigenvalue weighted by Crippen LogP contribution is -2.20. The van der Waals surface area contributed by atoms with E-state index in [9.17, 15) is 9.59 Å². The van der Waals surface area contributed by atoms with Crippen LogP contribution in [0.25, 0.3) is 10.9 Å². The van der Waals surface area contributed by atoms with Gasteiger partial charge in [-0.15, -0.1) is 0 Å². The lowest BCUT2D eigenvalue weighted by atomic mass is 9.99. The van der Waals surface area contributed by atoms with Crippen LogP contribution in [0, 0.1) is 0 Å². The lowest BCUT2D eigenvalue weighted by molar-refractivity contribution is 0.0280. The van der Waals surface area contributed by atoms with Gasteiger partial charge in [0.15, 0.2) is 6.10 Å². The van der Waals surface area contributed by atoms with E-state index in [1.54, 1.807) is 30.5 Å². The van der Waals surface area contributed by atoms with Crippen LogP contribution >= 0.6 is 0 Å². The van der Waals surface area contributed by atoms with Crippen molar-refractivity contribution in [2.75, 3.05) is 19.0 Å². The Morgan fingerprint density at radius 1 is 0.867 bits per heavy atom. The number of benzene rings is 3. The second-order valence-corrected chi connectivity index (χ2v) is 7.25. The summed E-state index contributed by atoms with van der Waals surface area (Å²) in [4.78, 5) is 31.3. The third-order valence-corrected chi connectivity index (χ3v) is 5.04. The first-order chi connectivity index (χ1) is 14.5. The fourth-order valence-electron chi connectivity index (χ4n) is 3.39. The molecule has 1 unspecified atom stereocenters. The fourth-order valence-corrected chi connectivity index (χ4v) is 3.39. The van der Waals surface area contributed by atoms with Crippen LogP contribution in [-0.2, 0) is 4.74 Å². The number of hydrogen-bond donors (Lipinski definition) is 1. The number of Topliss-reactive ketones (excluding diaryl/α,β-unsaturated/α-hetero) is 1. The molecule has 0 aliphatic rings. The average molecular weight is 398 g/mol. The van der Waals surface area contributed by atoms with Crippen molar-refractivity contribution in [1.82, 2.24) is 4.98 Å². The number of hydrogen-bond acceptors (Lipinski definition) is 4. The van der Waals surface area contributed by atoms with Gasteiger partial charge in [0.25, 0.3) is 0 Å². The van der Waals surface area contributed by atoms with E-state index in [-0.39, 0.29) is 5.78 Å². The number of ketones is 1. The summed E-state index contributed by atoms with van der Waals surface area (Å²) in [6, 6.07) is 23.7. The molecule has 0 aliphatic heterocycles. The van der Waals surface area contributed by atoms with Gasteiger partial charge in [0, 0.05) is 48.0 Å². The summed E-state index contributed by atoms with van der Waals surface area (Å²) in [5.74, 6) is -0.806. The third kappa shape index (κ3) is 3.82. The van der Waals surface area contributed by atoms with Crippen molar-refractivity contribution >= 4 is 28.3 Å². The van der Waals surface area contributed by atoms with E-state index in [4.69, 9.17) is 4.74 Å². The van der Waals surface area contributed by atoms with Gasteiger partial charge >= 0.3 is 5.97 Å². The summed E-state index contributed by atoms with van der Waals surface area (Å²) in [7, 11) is 3.86. The first kappa shape index (κ1) is 19.5. The summed E-state index contributed by atoms with van der Waals surface area (Å²) in [5.41, 5.74) is 3.36. The number of nitrogens with zero attached hydrogens (tertiary/aromatic N) is 1. The molecule has 0 fully saturated rings. The summed E-state index contributed by atoms with van der Waals surface area (Å²) >= 11 is 0. The van der Waals surface area contributed by atoms with Gasteiger partial charge in [-0.25, -0.2) is 4.79 Å². The topological polar surface area (TPSA) is 62.4 Å². The number of carbonyl (C=O) groups excluding carboxylic acids is 2. The van der Waals surface area contributed by atoms with E-state index in [1.807, 2.05) is 73.6 Å². The van der Waals surface area contributed by atoms with Gasteiger partial charge in [-0.3, -0.25) is 4.79 Å². The zero-order chi connectivity index (χ0) is 21.1. The van der Waals surface area contributed by atoms with Crippen LogP contribution < -0.4 is 4.90 Å². The summed E-state index contributed by atoms with van der Waals surface area (Å²) in [5, 5.41) is 0.801. The van der Waals surface area contributed by atoms with Crippen molar-refractivity contribution in [3.05, 3.63) is 102 Å². The lowest BCUT2D eigenvalue weighted by Gasteiger charge is -2.18. The maximum absolute atomic E-state index is 13.4. The number of carbonyl (C=O) groups is 2. The standard InChI is InChI=1S/C25H22N2O3/c1-27(2)19-14-12-18(13-15-19)25(29)30-24(17-8-4-3-5-9-17)23(28)21-16-26-22-11-7-6-10-20(21)22/h3-16,24,26H,1-2H3. The zero-order valence-electron chi connectivity index (χ0n) is 16.8. The Hall–Kier alpha value is -3.86. The van der Waals surface area contributed by atoms with Crippen molar-refractivity contribution < 1.29 is 14.3 Å². The van der Waals surface area contributed by atoms with Crippen LogP contribution in [0.15, 0.2) is 85.1 Å². The number of ether oxygens (including phenoxy) is 1. The molecular weight excluding hydrogens is 376 g/mol. The Balaban J connectivity index is 1.67. The molecule has 5 heteroatoms. The molecule has 1 aromatic heterocycles. The number of nitrogens with one attached hydrogen (secondary N) is 1. The largest absolute Gasteiger partial charge is 0.445 e. The van der Waals surface area contributed by atoms with Crippen LogP contribution in [0.1, 0.15) is 32.4 Å². The van der Waals surface area contributed by atoms with Crippen molar-refractivity contribution in [1.29, 1.82) is 0 Å². The van der Waals surface area contributed by atoms with Gasteiger partial charge in [-0.05, 0) is 30.3 Å². The molecule has 150 valence electrons. The molecule has 30 heavy (non-hydrogen) atoms. The van der Waals surface area contributed by atoms with E-state index < -0.39 is 12.1 Å². The van der Waals surface area contributed by atoms with Gasteiger partial charge in [0.2, 0.25) is 5.78 Å². The van der Waals surface area contributed by atoms with Gasteiger partial charge in [-0.1, -0.05) is 48.5 Å². The molecule has 0 amide bonds. The maximum Gasteiger partial charge on any atom is 0.339 e. The summed E-state index contributed by atoms with van der Waals surface area (Å²) in [6.45, 7) is 0. The van der Waals surface area contributed by atoms with E-state index in [0.717, 1.165) is 16.6 Å². The normalized spacial score (nSPS) is 11.8. The van der Waals surface area contributed by atoms with Crippen molar-refractivity contribution in [2.45, 2.75) is 6.10 Å². The highest BCUT2D eigenvalue weighted by atomic mass is 16.5. The molecule has 0 bridgehead atoms. The smallest absolute Gasteiger partial charge is 0.339 e. The number of anilines is 1. The molecule has 1 atom stereocenters.